The van der Waals surface area contributed by atoms with Crippen LogP contribution in [0, 0.1) is 0 Å². The van der Waals surface area contributed by atoms with Crippen LogP contribution >= 0.6 is 0 Å². The number of aromatic nitrogens is 4. The summed E-state index contributed by atoms with van der Waals surface area (Å²) < 4.78 is 25.6. The van der Waals surface area contributed by atoms with Crippen LogP contribution in [0.3, 0.4) is 0 Å². The molecule has 18 heavy (non-hydrogen) atoms. The van der Waals surface area contributed by atoms with Crippen LogP contribution in [0.4, 0.5) is 0 Å². The van der Waals surface area contributed by atoms with Gasteiger partial charge in [0.15, 0.2) is 0 Å². The average Bonchev–Trinajstić information content (AvgIpc) is 2.69. The lowest BCUT2D eigenvalue weighted by molar-refractivity contribution is 0.604. The quantitative estimate of drug-likeness (QED) is 0.773. The number of hydrogen-bond donors (Lipinski definition) is 0. The molecule has 0 saturated heterocycles. The van der Waals surface area contributed by atoms with Crippen molar-refractivity contribution in [3.8, 4) is 0 Å². The molecule has 1 aromatic carbocycles. The van der Waals surface area contributed by atoms with E-state index in [2.05, 4.69) is 10.4 Å². The monoisotopic (exact) mass is 266 g/mol. The van der Waals surface area contributed by atoms with Crippen molar-refractivity contribution in [3.05, 3.63) is 46.2 Å². The van der Waals surface area contributed by atoms with Gasteiger partial charge in [-0.2, -0.15) is 9.36 Å². The molecule has 0 aliphatic heterocycles. The summed E-state index contributed by atoms with van der Waals surface area (Å²) in [6.07, 6.45) is 1.07. The van der Waals surface area contributed by atoms with E-state index >= 15 is 0 Å². The van der Waals surface area contributed by atoms with Crippen molar-refractivity contribution in [3.63, 3.8) is 0 Å². The molecule has 0 bridgehead atoms. The Morgan fingerprint density at radius 3 is 2.39 bits per heavy atom. The highest BCUT2D eigenvalue weighted by molar-refractivity contribution is 7.94. The van der Waals surface area contributed by atoms with Crippen LogP contribution < -0.4 is 5.69 Å². The maximum absolute atomic E-state index is 11.9. The first-order valence-corrected chi connectivity index (χ1v) is 6.52. The minimum atomic E-state index is -3.58. The van der Waals surface area contributed by atoms with Gasteiger partial charge in [-0.3, -0.25) is 0 Å². The van der Waals surface area contributed by atoms with Gasteiger partial charge in [0.1, 0.15) is 0 Å². The van der Waals surface area contributed by atoms with Crippen LogP contribution in [0.1, 0.15) is 0 Å². The number of benzene rings is 1. The van der Waals surface area contributed by atoms with E-state index in [0.717, 1.165) is 21.0 Å². The van der Waals surface area contributed by atoms with Gasteiger partial charge in [-0.05, 0) is 22.6 Å². The zero-order chi connectivity index (χ0) is 13.2. The molecular weight excluding hydrogens is 256 g/mol. The molecule has 8 heteroatoms. The van der Waals surface area contributed by atoms with Gasteiger partial charge in [-0.25, -0.2) is 13.2 Å². The Labute approximate surface area is 103 Å². The van der Waals surface area contributed by atoms with E-state index < -0.39 is 15.5 Å². The highest BCUT2D eigenvalue weighted by Crippen LogP contribution is 2.10. The van der Waals surface area contributed by atoms with Crippen molar-refractivity contribution < 1.29 is 8.42 Å². The maximum Gasteiger partial charge on any atom is 0.367 e. The molecule has 2 aromatic rings. The molecule has 0 saturated carbocycles. The third-order valence-electron chi connectivity index (χ3n) is 2.20. The lowest BCUT2D eigenvalue weighted by Gasteiger charge is -1.96. The summed E-state index contributed by atoms with van der Waals surface area (Å²) >= 11 is 0. The Kier molecular flexibility index (Phi) is 3.11. The van der Waals surface area contributed by atoms with Gasteiger partial charge >= 0.3 is 5.69 Å². The molecule has 1 aromatic heterocycles. The van der Waals surface area contributed by atoms with Gasteiger partial charge in [-0.15, -0.1) is 0 Å². The van der Waals surface area contributed by atoms with Gasteiger partial charge in [-0.1, -0.05) is 18.2 Å². The lowest BCUT2D eigenvalue weighted by atomic mass is 10.4. The van der Waals surface area contributed by atoms with Crippen molar-refractivity contribution in [1.29, 1.82) is 0 Å². The topological polar surface area (TPSA) is 86.8 Å². The molecule has 0 spiro atoms. The number of sulfone groups is 1. The van der Waals surface area contributed by atoms with Crippen molar-refractivity contribution in [2.75, 3.05) is 0 Å². The molecule has 0 atom stereocenters. The predicted molar refractivity (Wildman–Crippen MR) is 64.2 cm³/mol. The Balaban J connectivity index is 2.35. The standard InChI is InChI=1S/C10H10N4O3S/c1-13-10(15)14(12-11-13)7-8-18(16,17)9-5-3-2-4-6-9/h2-8H,1H3. The minimum absolute atomic E-state index is 0.151. The normalized spacial score (nSPS) is 12.1. The van der Waals surface area contributed by atoms with E-state index in [-0.39, 0.29) is 4.90 Å². The van der Waals surface area contributed by atoms with Crippen molar-refractivity contribution >= 4 is 16.0 Å². The molecule has 0 unspecified atom stereocenters. The smallest absolute Gasteiger partial charge is 0.244 e. The molecule has 0 aliphatic carbocycles. The fourth-order valence-corrected chi connectivity index (χ4v) is 2.22. The highest BCUT2D eigenvalue weighted by Gasteiger charge is 2.09. The minimum Gasteiger partial charge on any atom is -0.244 e. The SMILES string of the molecule is Cn1nnn(C=CS(=O)(=O)c2ccccc2)c1=O. The average molecular weight is 266 g/mol. The summed E-state index contributed by atoms with van der Waals surface area (Å²) in [7, 11) is -2.16. The zero-order valence-electron chi connectivity index (χ0n) is 9.46. The first-order valence-electron chi connectivity index (χ1n) is 4.97. The Morgan fingerprint density at radius 2 is 1.83 bits per heavy atom. The molecule has 0 N–H and O–H groups in total. The van der Waals surface area contributed by atoms with E-state index in [1.54, 1.807) is 18.2 Å². The fourth-order valence-electron chi connectivity index (χ4n) is 1.25. The van der Waals surface area contributed by atoms with Crippen LogP contribution in [0.15, 0.2) is 45.4 Å². The number of aryl methyl sites for hydroxylation is 1. The van der Waals surface area contributed by atoms with Crippen LogP contribution in [-0.4, -0.2) is 28.2 Å². The lowest BCUT2D eigenvalue weighted by Crippen LogP contribution is -2.19. The van der Waals surface area contributed by atoms with E-state index in [1.807, 2.05) is 0 Å². The number of nitrogens with zero attached hydrogens (tertiary/aromatic N) is 4. The second kappa shape index (κ2) is 4.57. The van der Waals surface area contributed by atoms with Crippen LogP contribution in [0.5, 0.6) is 0 Å². The highest BCUT2D eigenvalue weighted by atomic mass is 32.2. The summed E-state index contributed by atoms with van der Waals surface area (Å²) in [6, 6.07) is 7.90. The Bertz CT molecular complexity index is 728. The molecule has 0 amide bonds. The van der Waals surface area contributed by atoms with Gasteiger partial charge in [0.2, 0.25) is 9.84 Å². The van der Waals surface area contributed by atoms with Gasteiger partial charge < -0.3 is 0 Å². The molecule has 7 nitrogen and oxygen atoms in total. The van der Waals surface area contributed by atoms with Gasteiger partial charge in [0.05, 0.1) is 10.3 Å². The van der Waals surface area contributed by atoms with Crippen LogP contribution in [-0.2, 0) is 16.9 Å². The third-order valence-corrected chi connectivity index (χ3v) is 3.61. The zero-order valence-corrected chi connectivity index (χ0v) is 10.3. The molecule has 0 fully saturated rings. The molecular formula is C10H10N4O3S. The maximum atomic E-state index is 11.9. The van der Waals surface area contributed by atoms with Crippen LogP contribution in [0.2, 0.25) is 0 Å². The summed E-state index contributed by atoms with van der Waals surface area (Å²) in [6.45, 7) is 0. The second-order valence-corrected chi connectivity index (χ2v) is 5.31. The number of hydrogen-bond acceptors (Lipinski definition) is 5. The summed E-state index contributed by atoms with van der Waals surface area (Å²) in [5.74, 6) is 0. The Morgan fingerprint density at radius 1 is 1.17 bits per heavy atom. The Hall–Kier alpha value is -2.22. The first kappa shape index (κ1) is 12.2. The van der Waals surface area contributed by atoms with E-state index in [9.17, 15) is 13.2 Å². The van der Waals surface area contributed by atoms with Crippen molar-refractivity contribution in [1.82, 2.24) is 19.8 Å². The van der Waals surface area contributed by atoms with Gasteiger partial charge in [0.25, 0.3) is 0 Å². The van der Waals surface area contributed by atoms with Gasteiger partial charge in [0, 0.05) is 13.2 Å². The molecule has 2 rings (SSSR count). The van der Waals surface area contributed by atoms with E-state index in [1.165, 1.54) is 19.2 Å². The third kappa shape index (κ3) is 2.38. The summed E-state index contributed by atoms with van der Waals surface area (Å²) in [4.78, 5) is 11.5. The van der Waals surface area contributed by atoms with E-state index in [0.29, 0.717) is 0 Å². The molecule has 0 radical (unpaired) electrons. The first-order chi connectivity index (χ1) is 8.50. The molecule has 1 heterocycles. The predicted octanol–water partition coefficient (Wildman–Crippen LogP) is -0.121. The second-order valence-electron chi connectivity index (χ2n) is 3.47. The van der Waals surface area contributed by atoms with Crippen molar-refractivity contribution in [2.24, 2.45) is 7.05 Å². The number of tetrazole rings is 1. The summed E-state index contributed by atoms with van der Waals surface area (Å²) in [5, 5.41) is 7.85. The molecule has 94 valence electrons. The van der Waals surface area contributed by atoms with Crippen LogP contribution in [0.25, 0.3) is 6.20 Å². The molecule has 0 aliphatic rings. The van der Waals surface area contributed by atoms with Crippen molar-refractivity contribution in [2.45, 2.75) is 4.90 Å². The fraction of sp³-hybridized carbons (Fsp3) is 0.100. The largest absolute Gasteiger partial charge is 0.367 e. The summed E-state index contributed by atoms with van der Waals surface area (Å²) in [5.41, 5.74) is -0.519. The van der Waals surface area contributed by atoms with E-state index in [4.69, 9.17) is 0 Å². The number of rotatable bonds is 3.